The average Bonchev–Trinajstić information content (AvgIpc) is 3.46. The molecule has 1 fully saturated rings. The minimum Gasteiger partial charge on any atom is -0.490 e. The van der Waals surface area contributed by atoms with Gasteiger partial charge < -0.3 is 20.3 Å². The number of halogens is 1. The molecule has 0 saturated heterocycles. The molecule has 0 heterocycles. The molecule has 1 aliphatic carbocycles. The third-order valence-corrected chi connectivity index (χ3v) is 4.39. The van der Waals surface area contributed by atoms with Gasteiger partial charge in [0.2, 0.25) is 5.91 Å². The number of ether oxygens (including phenoxy) is 1. The Balaban J connectivity index is 1.99. The molecule has 1 unspecified atom stereocenters. The first kappa shape index (κ1) is 21.0. The number of guanidine groups is 1. The molecule has 0 aromatic heterocycles. The number of nitrogens with one attached hydrogen (secondary N) is 2. The van der Waals surface area contributed by atoms with Gasteiger partial charge in [-0.05, 0) is 49.8 Å². The van der Waals surface area contributed by atoms with Gasteiger partial charge in [0.15, 0.2) is 17.5 Å². The molecule has 6 nitrogen and oxygen atoms in total. The lowest BCUT2D eigenvalue weighted by atomic mass is 10.1. The number of carbonyl (C=O) groups excluding carboxylic acids is 1. The van der Waals surface area contributed by atoms with Gasteiger partial charge in [0.25, 0.3) is 0 Å². The van der Waals surface area contributed by atoms with Crippen LogP contribution in [-0.2, 0) is 4.79 Å². The summed E-state index contributed by atoms with van der Waals surface area (Å²) >= 11 is 0. The fourth-order valence-electron chi connectivity index (χ4n) is 2.37. The zero-order valence-corrected chi connectivity index (χ0v) is 16.7. The molecule has 1 aromatic rings. The lowest BCUT2D eigenvalue weighted by molar-refractivity contribution is -0.127. The highest BCUT2D eigenvalue weighted by molar-refractivity contribution is 5.85. The lowest BCUT2D eigenvalue weighted by Crippen LogP contribution is -2.40. The van der Waals surface area contributed by atoms with Crippen LogP contribution in [0.1, 0.15) is 44.7 Å². The predicted octanol–water partition coefficient (Wildman–Crippen LogP) is 2.71. The zero-order chi connectivity index (χ0) is 19.8. The maximum absolute atomic E-state index is 14.3. The van der Waals surface area contributed by atoms with E-state index in [1.165, 1.54) is 23.8 Å². The highest BCUT2D eigenvalue weighted by Gasteiger charge is 2.22. The molecule has 27 heavy (non-hydrogen) atoms. The Bertz CT molecular complexity index is 659. The smallest absolute Gasteiger partial charge is 0.243 e. The molecule has 1 atom stereocenters. The number of aliphatic imine (C=N–C) groups is 1. The third kappa shape index (κ3) is 7.07. The lowest BCUT2D eigenvalue weighted by Gasteiger charge is -2.19. The summed E-state index contributed by atoms with van der Waals surface area (Å²) in [6.45, 7) is 5.35. The van der Waals surface area contributed by atoms with E-state index < -0.39 is 0 Å². The summed E-state index contributed by atoms with van der Waals surface area (Å²) in [6, 6.07) is 4.85. The number of carbonyl (C=O) groups is 1. The molecule has 0 spiro atoms. The second kappa shape index (κ2) is 10.1. The molecule has 1 aromatic carbocycles. The molecule has 7 heteroatoms. The summed E-state index contributed by atoms with van der Waals surface area (Å²) in [5.41, 5.74) is 0.788. The van der Waals surface area contributed by atoms with Crippen LogP contribution in [0.25, 0.3) is 0 Å². The third-order valence-electron chi connectivity index (χ3n) is 4.39. The van der Waals surface area contributed by atoms with E-state index in [-0.39, 0.29) is 24.3 Å². The summed E-state index contributed by atoms with van der Waals surface area (Å²) in [5, 5.41) is 6.41. The van der Waals surface area contributed by atoms with E-state index in [0.29, 0.717) is 24.2 Å². The fraction of sp³-hybridized carbons (Fsp3) is 0.600. The van der Waals surface area contributed by atoms with Gasteiger partial charge in [-0.15, -0.1) is 0 Å². The van der Waals surface area contributed by atoms with Crippen molar-refractivity contribution in [2.45, 2.75) is 39.2 Å². The van der Waals surface area contributed by atoms with Crippen LogP contribution in [-0.4, -0.2) is 50.6 Å². The first-order valence-corrected chi connectivity index (χ1v) is 9.58. The van der Waals surface area contributed by atoms with Gasteiger partial charge in [-0.1, -0.05) is 13.0 Å². The minimum absolute atomic E-state index is 0.0566. The number of hydrogen-bond acceptors (Lipinski definition) is 3. The topological polar surface area (TPSA) is 66.0 Å². The van der Waals surface area contributed by atoms with E-state index in [9.17, 15) is 9.18 Å². The molecule has 0 aliphatic heterocycles. The van der Waals surface area contributed by atoms with E-state index in [0.717, 1.165) is 18.5 Å². The van der Waals surface area contributed by atoms with Crippen molar-refractivity contribution in [1.82, 2.24) is 15.5 Å². The van der Waals surface area contributed by atoms with Crippen molar-refractivity contribution in [3.8, 4) is 5.75 Å². The normalized spacial score (nSPS) is 15.2. The molecule has 1 aliphatic rings. The fourth-order valence-corrected chi connectivity index (χ4v) is 2.37. The van der Waals surface area contributed by atoms with Crippen LogP contribution < -0.4 is 15.4 Å². The molecule has 2 N–H and O–H groups in total. The van der Waals surface area contributed by atoms with Crippen molar-refractivity contribution in [3.05, 3.63) is 29.6 Å². The number of hydrogen-bond donors (Lipinski definition) is 2. The first-order valence-electron chi connectivity index (χ1n) is 9.58. The van der Waals surface area contributed by atoms with Crippen molar-refractivity contribution in [2.24, 2.45) is 10.9 Å². The summed E-state index contributed by atoms with van der Waals surface area (Å²) in [5.74, 6) is 0.979. The number of benzene rings is 1. The van der Waals surface area contributed by atoms with Crippen LogP contribution in [0.15, 0.2) is 23.2 Å². The molecule has 0 bridgehead atoms. The highest BCUT2D eigenvalue weighted by atomic mass is 19.1. The molecule has 1 saturated carbocycles. The Kier molecular flexibility index (Phi) is 7.88. The Morgan fingerprint density at radius 1 is 1.41 bits per heavy atom. The molecule has 150 valence electrons. The van der Waals surface area contributed by atoms with Gasteiger partial charge >= 0.3 is 0 Å². The van der Waals surface area contributed by atoms with Crippen LogP contribution >= 0.6 is 0 Å². The van der Waals surface area contributed by atoms with Crippen molar-refractivity contribution < 1.29 is 13.9 Å². The number of nitrogens with zero attached hydrogens (tertiary/aromatic N) is 2. The van der Waals surface area contributed by atoms with Gasteiger partial charge in [-0.2, -0.15) is 0 Å². The van der Waals surface area contributed by atoms with Gasteiger partial charge in [0.1, 0.15) is 6.54 Å². The average molecular weight is 378 g/mol. The molecular formula is C20H31FN4O2. The first-order chi connectivity index (χ1) is 12.9. The molecule has 0 radical (unpaired) electrons. The molecule has 1 amide bonds. The van der Waals surface area contributed by atoms with Crippen LogP contribution in [0.3, 0.4) is 0 Å². The number of amides is 1. The Labute approximate surface area is 161 Å². The van der Waals surface area contributed by atoms with Gasteiger partial charge in [0.05, 0.1) is 12.6 Å². The second-order valence-corrected chi connectivity index (χ2v) is 7.19. The Morgan fingerprint density at radius 3 is 2.74 bits per heavy atom. The maximum Gasteiger partial charge on any atom is 0.243 e. The largest absolute Gasteiger partial charge is 0.490 e. The predicted molar refractivity (Wildman–Crippen MR) is 105 cm³/mol. The van der Waals surface area contributed by atoms with E-state index in [4.69, 9.17) is 4.74 Å². The highest BCUT2D eigenvalue weighted by Crippen LogP contribution is 2.30. The van der Waals surface area contributed by atoms with Crippen molar-refractivity contribution in [3.63, 3.8) is 0 Å². The van der Waals surface area contributed by atoms with Crippen LogP contribution in [0.5, 0.6) is 5.75 Å². The summed E-state index contributed by atoms with van der Waals surface area (Å²) in [7, 11) is 3.39. The summed E-state index contributed by atoms with van der Waals surface area (Å²) in [4.78, 5) is 17.6. The van der Waals surface area contributed by atoms with Gasteiger partial charge in [-0.3, -0.25) is 4.79 Å². The van der Waals surface area contributed by atoms with Gasteiger partial charge in [0, 0.05) is 20.6 Å². The Morgan fingerprint density at radius 2 is 2.15 bits per heavy atom. The van der Waals surface area contributed by atoms with Crippen molar-refractivity contribution in [2.75, 3.05) is 33.8 Å². The van der Waals surface area contributed by atoms with E-state index in [1.807, 2.05) is 13.0 Å². The summed E-state index contributed by atoms with van der Waals surface area (Å²) < 4.78 is 19.9. The van der Waals surface area contributed by atoms with Gasteiger partial charge in [-0.25, -0.2) is 9.38 Å². The summed E-state index contributed by atoms with van der Waals surface area (Å²) in [6.07, 6.45) is 3.27. The molecule has 2 rings (SSSR count). The molecular weight excluding hydrogens is 347 g/mol. The minimum atomic E-state index is -0.357. The number of rotatable bonds is 9. The zero-order valence-electron chi connectivity index (χ0n) is 16.7. The van der Waals surface area contributed by atoms with E-state index in [2.05, 4.69) is 22.5 Å². The maximum atomic E-state index is 14.3. The van der Waals surface area contributed by atoms with Crippen molar-refractivity contribution >= 4 is 11.9 Å². The number of likely N-dealkylation sites (N-methyl/N-ethyl adjacent to an activating group) is 1. The van der Waals surface area contributed by atoms with Crippen LogP contribution in [0.2, 0.25) is 0 Å². The second-order valence-electron chi connectivity index (χ2n) is 7.19. The standard InChI is InChI=1S/C20H31FN4O2/c1-5-10-22-20(23-12-19(26)25(3)4)24-14(2)16-8-9-18(17(21)11-16)27-13-15-6-7-15/h8-9,11,14-15H,5-7,10,12-13H2,1-4H3,(H2,22,23,24). The van der Waals surface area contributed by atoms with Crippen LogP contribution in [0, 0.1) is 11.7 Å². The van der Waals surface area contributed by atoms with Crippen LogP contribution in [0.4, 0.5) is 4.39 Å². The van der Waals surface area contributed by atoms with E-state index in [1.54, 1.807) is 20.2 Å². The Hall–Kier alpha value is -2.31. The SMILES string of the molecule is CCCNC(=NCC(=O)N(C)C)NC(C)c1ccc(OCC2CC2)c(F)c1. The quantitative estimate of drug-likeness (QED) is 0.512. The monoisotopic (exact) mass is 378 g/mol. The van der Waals surface area contributed by atoms with E-state index >= 15 is 0 Å². The van der Waals surface area contributed by atoms with Crippen molar-refractivity contribution in [1.29, 1.82) is 0 Å².